The first-order valence-corrected chi connectivity index (χ1v) is 4.67. The fourth-order valence-corrected chi connectivity index (χ4v) is 1.55. The summed E-state index contributed by atoms with van der Waals surface area (Å²) in [4.78, 5) is 14.1. The Hall–Kier alpha value is -1.58. The summed E-state index contributed by atoms with van der Waals surface area (Å²) in [5, 5.41) is 4.32. The minimum Gasteiger partial charge on any atom is -0.307 e. The van der Waals surface area contributed by atoms with Crippen LogP contribution in [0.15, 0.2) is 16.9 Å². The first-order valence-electron chi connectivity index (χ1n) is 4.67. The molecule has 1 N–H and O–H groups in total. The van der Waals surface area contributed by atoms with Crippen LogP contribution in [0.3, 0.4) is 0 Å². The second-order valence-electron chi connectivity index (χ2n) is 3.80. The lowest BCUT2D eigenvalue weighted by Crippen LogP contribution is -2.12. The fourth-order valence-electron chi connectivity index (χ4n) is 1.55. The molecule has 0 aliphatic carbocycles. The van der Waals surface area contributed by atoms with Crippen LogP contribution in [0.25, 0.3) is 5.65 Å². The number of nitrogens with one attached hydrogen (secondary N) is 1. The number of nitrogens with zero attached hydrogens (tertiary/aromatic N) is 2. The highest BCUT2D eigenvalue weighted by Gasteiger charge is 2.08. The molecule has 0 atom stereocenters. The summed E-state index contributed by atoms with van der Waals surface area (Å²) in [5.74, 6) is 0.291. The van der Waals surface area contributed by atoms with Gasteiger partial charge in [-0.1, -0.05) is 13.8 Å². The second kappa shape index (κ2) is 2.97. The van der Waals surface area contributed by atoms with Crippen molar-refractivity contribution in [1.29, 1.82) is 0 Å². The summed E-state index contributed by atoms with van der Waals surface area (Å²) < 4.78 is 1.79. The maximum atomic E-state index is 11.3. The number of fused-ring (bicyclic) bond motifs is 1. The topological polar surface area (TPSA) is 50.2 Å². The standard InChI is InChI=1S/C10H13N3O/c1-6(2)8-5-10(14)11-9-4-7(3)12-13(8)9/h4-6H,1-3H3,(H,11,14). The molecule has 0 bridgehead atoms. The maximum absolute atomic E-state index is 11.3. The van der Waals surface area contributed by atoms with Gasteiger partial charge in [0.1, 0.15) is 5.65 Å². The number of aromatic amines is 1. The molecule has 2 aromatic heterocycles. The van der Waals surface area contributed by atoms with Gasteiger partial charge in [-0.15, -0.1) is 0 Å². The van der Waals surface area contributed by atoms with Crippen molar-refractivity contribution in [3.05, 3.63) is 33.9 Å². The van der Waals surface area contributed by atoms with E-state index in [9.17, 15) is 4.79 Å². The van der Waals surface area contributed by atoms with Crippen LogP contribution in [0.5, 0.6) is 0 Å². The number of rotatable bonds is 1. The molecule has 0 fully saturated rings. The predicted octanol–water partition coefficient (Wildman–Crippen LogP) is 1.45. The summed E-state index contributed by atoms with van der Waals surface area (Å²) in [7, 11) is 0. The van der Waals surface area contributed by atoms with Gasteiger partial charge in [-0.05, 0) is 12.8 Å². The third-order valence-electron chi connectivity index (χ3n) is 2.20. The van der Waals surface area contributed by atoms with Crippen molar-refractivity contribution in [2.24, 2.45) is 0 Å². The maximum Gasteiger partial charge on any atom is 0.251 e. The highest BCUT2D eigenvalue weighted by molar-refractivity contribution is 5.40. The summed E-state index contributed by atoms with van der Waals surface area (Å²) in [5.41, 5.74) is 2.55. The lowest BCUT2D eigenvalue weighted by Gasteiger charge is -2.06. The first kappa shape index (κ1) is 8.99. The van der Waals surface area contributed by atoms with Crippen LogP contribution >= 0.6 is 0 Å². The Morgan fingerprint density at radius 3 is 2.79 bits per heavy atom. The average Bonchev–Trinajstić information content (AvgIpc) is 2.42. The molecule has 74 valence electrons. The Morgan fingerprint density at radius 2 is 2.14 bits per heavy atom. The molecule has 4 heteroatoms. The molecule has 14 heavy (non-hydrogen) atoms. The quantitative estimate of drug-likeness (QED) is 0.741. The van der Waals surface area contributed by atoms with E-state index in [2.05, 4.69) is 10.1 Å². The molecule has 4 nitrogen and oxygen atoms in total. The Bertz CT molecular complexity index is 522. The van der Waals surface area contributed by atoms with Crippen molar-refractivity contribution in [1.82, 2.24) is 14.6 Å². The van der Waals surface area contributed by atoms with Crippen molar-refractivity contribution in [2.75, 3.05) is 0 Å². The molecule has 0 aliphatic rings. The molecular formula is C10H13N3O. The van der Waals surface area contributed by atoms with Gasteiger partial charge in [0, 0.05) is 12.1 Å². The zero-order valence-electron chi connectivity index (χ0n) is 8.53. The van der Waals surface area contributed by atoms with Gasteiger partial charge in [-0.25, -0.2) is 4.52 Å². The van der Waals surface area contributed by atoms with E-state index < -0.39 is 0 Å². The Balaban J connectivity index is 2.86. The lowest BCUT2D eigenvalue weighted by atomic mass is 10.1. The molecule has 0 aliphatic heterocycles. The van der Waals surface area contributed by atoms with Crippen molar-refractivity contribution in [3.63, 3.8) is 0 Å². The van der Waals surface area contributed by atoms with E-state index in [0.717, 1.165) is 17.0 Å². The highest BCUT2D eigenvalue weighted by Crippen LogP contribution is 2.13. The molecule has 2 rings (SSSR count). The van der Waals surface area contributed by atoms with Gasteiger partial charge in [-0.3, -0.25) is 4.79 Å². The third kappa shape index (κ3) is 1.32. The number of hydrogen-bond acceptors (Lipinski definition) is 2. The predicted molar refractivity (Wildman–Crippen MR) is 54.6 cm³/mol. The van der Waals surface area contributed by atoms with E-state index in [-0.39, 0.29) is 5.56 Å². The first-order chi connectivity index (χ1) is 6.58. The molecule has 2 heterocycles. The van der Waals surface area contributed by atoms with Crippen LogP contribution in [0.1, 0.15) is 31.2 Å². The summed E-state index contributed by atoms with van der Waals surface area (Å²) in [6.07, 6.45) is 0. The average molecular weight is 191 g/mol. The molecule has 0 radical (unpaired) electrons. The largest absolute Gasteiger partial charge is 0.307 e. The van der Waals surface area contributed by atoms with Gasteiger partial charge in [0.15, 0.2) is 0 Å². The van der Waals surface area contributed by atoms with Crippen LogP contribution in [-0.2, 0) is 0 Å². The second-order valence-corrected chi connectivity index (χ2v) is 3.80. The molecule has 2 aromatic rings. The van der Waals surface area contributed by atoms with Crippen molar-refractivity contribution in [3.8, 4) is 0 Å². The van der Waals surface area contributed by atoms with Gasteiger partial charge in [0.05, 0.1) is 11.4 Å². The van der Waals surface area contributed by atoms with E-state index in [1.807, 2.05) is 26.8 Å². The monoisotopic (exact) mass is 191 g/mol. The van der Waals surface area contributed by atoms with Gasteiger partial charge < -0.3 is 4.98 Å². The van der Waals surface area contributed by atoms with Gasteiger partial charge in [0.25, 0.3) is 5.56 Å². The minimum atomic E-state index is -0.0684. The fraction of sp³-hybridized carbons (Fsp3) is 0.400. The molecule has 0 saturated carbocycles. The Kier molecular flexibility index (Phi) is 1.91. The van der Waals surface area contributed by atoms with E-state index in [4.69, 9.17) is 0 Å². The Morgan fingerprint density at radius 1 is 1.43 bits per heavy atom. The van der Waals surface area contributed by atoms with Crippen LogP contribution in [-0.4, -0.2) is 14.6 Å². The van der Waals surface area contributed by atoms with Crippen molar-refractivity contribution in [2.45, 2.75) is 26.7 Å². The normalized spacial score (nSPS) is 11.4. The summed E-state index contributed by atoms with van der Waals surface area (Å²) >= 11 is 0. The molecule has 0 unspecified atom stereocenters. The zero-order valence-corrected chi connectivity index (χ0v) is 8.53. The van der Waals surface area contributed by atoms with Crippen LogP contribution in [0, 0.1) is 6.92 Å². The van der Waals surface area contributed by atoms with Crippen LogP contribution < -0.4 is 5.56 Å². The van der Waals surface area contributed by atoms with E-state index in [0.29, 0.717) is 5.92 Å². The van der Waals surface area contributed by atoms with Crippen LogP contribution in [0.2, 0.25) is 0 Å². The van der Waals surface area contributed by atoms with Crippen molar-refractivity contribution < 1.29 is 0 Å². The molecule has 0 saturated heterocycles. The molecular weight excluding hydrogens is 178 g/mol. The summed E-state index contributed by atoms with van der Waals surface area (Å²) in [6, 6.07) is 3.47. The molecule has 0 aromatic carbocycles. The Labute approximate surface area is 81.6 Å². The highest BCUT2D eigenvalue weighted by atomic mass is 16.1. The number of hydrogen-bond donors (Lipinski definition) is 1. The van der Waals surface area contributed by atoms with E-state index in [1.165, 1.54) is 0 Å². The van der Waals surface area contributed by atoms with E-state index >= 15 is 0 Å². The smallest absolute Gasteiger partial charge is 0.251 e. The molecule has 0 amide bonds. The van der Waals surface area contributed by atoms with E-state index in [1.54, 1.807) is 10.6 Å². The number of aryl methyl sites for hydroxylation is 1. The lowest BCUT2D eigenvalue weighted by molar-refractivity contribution is 0.741. The van der Waals surface area contributed by atoms with Crippen molar-refractivity contribution >= 4 is 5.65 Å². The SMILES string of the molecule is Cc1cc2[nH]c(=O)cc(C(C)C)n2n1. The minimum absolute atomic E-state index is 0.0684. The van der Waals surface area contributed by atoms with Crippen LogP contribution in [0.4, 0.5) is 0 Å². The number of aromatic nitrogens is 3. The van der Waals surface area contributed by atoms with Gasteiger partial charge in [-0.2, -0.15) is 5.10 Å². The summed E-state index contributed by atoms with van der Waals surface area (Å²) in [6.45, 7) is 6.01. The third-order valence-corrected chi connectivity index (χ3v) is 2.20. The van der Waals surface area contributed by atoms with Gasteiger partial charge >= 0.3 is 0 Å². The zero-order chi connectivity index (χ0) is 10.3. The number of H-pyrrole nitrogens is 1. The van der Waals surface area contributed by atoms with Gasteiger partial charge in [0.2, 0.25) is 0 Å². The molecule has 0 spiro atoms.